The second kappa shape index (κ2) is 7.31. The van der Waals surface area contributed by atoms with Gasteiger partial charge in [-0.25, -0.2) is 4.98 Å². The Bertz CT molecular complexity index is 483. The third-order valence-corrected chi connectivity index (χ3v) is 3.98. The highest BCUT2D eigenvalue weighted by Crippen LogP contribution is 2.18. The Labute approximate surface area is 118 Å². The standard InChI is InChI=1S/C14H20N4S/c1-2-8-18-14(16-11-17-18)9-12(15)10-19-13-6-4-3-5-7-13/h3-7,11-12H,2,8-10,15H2,1H3. The average Bonchev–Trinajstić information content (AvgIpc) is 2.85. The van der Waals surface area contributed by atoms with Gasteiger partial charge in [-0.2, -0.15) is 5.10 Å². The van der Waals surface area contributed by atoms with Gasteiger partial charge in [-0.1, -0.05) is 25.1 Å². The molecule has 2 N–H and O–H groups in total. The van der Waals surface area contributed by atoms with Crippen LogP contribution in [-0.2, 0) is 13.0 Å². The summed E-state index contributed by atoms with van der Waals surface area (Å²) in [7, 11) is 0. The van der Waals surface area contributed by atoms with Crippen LogP contribution in [0.1, 0.15) is 19.2 Å². The van der Waals surface area contributed by atoms with E-state index in [-0.39, 0.29) is 6.04 Å². The van der Waals surface area contributed by atoms with Crippen LogP contribution in [0.15, 0.2) is 41.6 Å². The lowest BCUT2D eigenvalue weighted by Gasteiger charge is -2.11. The molecule has 0 fully saturated rings. The molecule has 1 heterocycles. The van der Waals surface area contributed by atoms with E-state index in [0.29, 0.717) is 0 Å². The van der Waals surface area contributed by atoms with Gasteiger partial charge in [-0.3, -0.25) is 4.68 Å². The largest absolute Gasteiger partial charge is 0.327 e. The number of aromatic nitrogens is 3. The van der Waals surface area contributed by atoms with Crippen molar-refractivity contribution in [3.63, 3.8) is 0 Å². The minimum absolute atomic E-state index is 0.102. The van der Waals surface area contributed by atoms with E-state index in [4.69, 9.17) is 5.73 Å². The maximum Gasteiger partial charge on any atom is 0.138 e. The van der Waals surface area contributed by atoms with E-state index in [1.807, 2.05) is 22.9 Å². The van der Waals surface area contributed by atoms with Crippen LogP contribution in [0.2, 0.25) is 0 Å². The lowest BCUT2D eigenvalue weighted by atomic mass is 10.2. The molecule has 0 aliphatic carbocycles. The molecule has 1 unspecified atom stereocenters. The summed E-state index contributed by atoms with van der Waals surface area (Å²) in [4.78, 5) is 5.55. The van der Waals surface area contributed by atoms with Crippen LogP contribution < -0.4 is 5.73 Å². The highest BCUT2D eigenvalue weighted by Gasteiger charge is 2.10. The maximum atomic E-state index is 6.18. The molecule has 0 aliphatic rings. The Balaban J connectivity index is 1.84. The molecule has 0 saturated heterocycles. The van der Waals surface area contributed by atoms with Gasteiger partial charge < -0.3 is 5.73 Å². The van der Waals surface area contributed by atoms with Crippen molar-refractivity contribution in [2.45, 2.75) is 37.2 Å². The molecule has 4 nitrogen and oxygen atoms in total. The van der Waals surface area contributed by atoms with Crippen molar-refractivity contribution in [2.75, 3.05) is 5.75 Å². The number of nitrogens with two attached hydrogens (primary N) is 1. The molecule has 0 amide bonds. The number of thioether (sulfide) groups is 1. The molecule has 0 aliphatic heterocycles. The second-order valence-electron chi connectivity index (χ2n) is 4.49. The van der Waals surface area contributed by atoms with Crippen LogP contribution in [0.25, 0.3) is 0 Å². The summed E-state index contributed by atoms with van der Waals surface area (Å²) in [6, 6.07) is 10.4. The van der Waals surface area contributed by atoms with Gasteiger partial charge in [0, 0.05) is 29.7 Å². The molecule has 2 aromatic rings. The second-order valence-corrected chi connectivity index (χ2v) is 5.58. The first-order valence-corrected chi connectivity index (χ1v) is 7.58. The van der Waals surface area contributed by atoms with Gasteiger partial charge in [0.1, 0.15) is 12.2 Å². The molecule has 5 heteroatoms. The number of rotatable bonds is 7. The van der Waals surface area contributed by atoms with Crippen LogP contribution in [0.3, 0.4) is 0 Å². The van der Waals surface area contributed by atoms with Gasteiger partial charge in [-0.05, 0) is 18.6 Å². The molecule has 19 heavy (non-hydrogen) atoms. The summed E-state index contributed by atoms with van der Waals surface area (Å²) in [5.74, 6) is 1.88. The molecular weight excluding hydrogens is 256 g/mol. The fourth-order valence-electron chi connectivity index (χ4n) is 1.86. The lowest BCUT2D eigenvalue weighted by Crippen LogP contribution is -2.27. The first-order chi connectivity index (χ1) is 9.29. The minimum Gasteiger partial charge on any atom is -0.327 e. The lowest BCUT2D eigenvalue weighted by molar-refractivity contribution is 0.553. The van der Waals surface area contributed by atoms with Crippen molar-refractivity contribution in [3.8, 4) is 0 Å². The fraction of sp³-hybridized carbons (Fsp3) is 0.429. The summed E-state index contributed by atoms with van der Waals surface area (Å²) < 4.78 is 1.95. The van der Waals surface area contributed by atoms with Gasteiger partial charge >= 0.3 is 0 Å². The smallest absolute Gasteiger partial charge is 0.138 e. The van der Waals surface area contributed by atoms with Crippen molar-refractivity contribution >= 4 is 11.8 Å². The quantitative estimate of drug-likeness (QED) is 0.789. The van der Waals surface area contributed by atoms with E-state index >= 15 is 0 Å². The third-order valence-electron chi connectivity index (χ3n) is 2.78. The zero-order chi connectivity index (χ0) is 13.5. The van der Waals surface area contributed by atoms with Crippen LogP contribution in [0, 0.1) is 0 Å². The zero-order valence-corrected chi connectivity index (χ0v) is 12.0. The van der Waals surface area contributed by atoms with E-state index < -0.39 is 0 Å². The van der Waals surface area contributed by atoms with Gasteiger partial charge in [-0.15, -0.1) is 11.8 Å². The number of nitrogens with zero attached hydrogens (tertiary/aromatic N) is 3. The predicted molar refractivity (Wildman–Crippen MR) is 79.2 cm³/mol. The Kier molecular flexibility index (Phi) is 5.42. The summed E-state index contributed by atoms with van der Waals surface area (Å²) >= 11 is 1.79. The number of hydrogen-bond acceptors (Lipinski definition) is 4. The molecule has 1 atom stereocenters. The number of aryl methyl sites for hydroxylation is 1. The first kappa shape index (κ1) is 14.1. The van der Waals surface area contributed by atoms with Crippen LogP contribution in [0.4, 0.5) is 0 Å². The Morgan fingerprint density at radius 1 is 1.32 bits per heavy atom. The Hall–Kier alpha value is -1.33. The van der Waals surface area contributed by atoms with E-state index in [1.54, 1.807) is 18.1 Å². The maximum absolute atomic E-state index is 6.18. The van der Waals surface area contributed by atoms with Crippen molar-refractivity contribution in [1.29, 1.82) is 0 Å². The topological polar surface area (TPSA) is 56.7 Å². The monoisotopic (exact) mass is 276 g/mol. The minimum atomic E-state index is 0.102. The van der Waals surface area contributed by atoms with Crippen molar-refractivity contribution in [3.05, 3.63) is 42.5 Å². The number of hydrogen-bond donors (Lipinski definition) is 1. The fourth-order valence-corrected chi connectivity index (χ4v) is 2.73. The third kappa shape index (κ3) is 4.36. The van der Waals surface area contributed by atoms with Crippen molar-refractivity contribution in [1.82, 2.24) is 14.8 Å². The summed E-state index contributed by atoms with van der Waals surface area (Å²) in [6.07, 6.45) is 3.45. The number of benzene rings is 1. The molecule has 0 bridgehead atoms. The van der Waals surface area contributed by atoms with Gasteiger partial charge in [0.15, 0.2) is 0 Å². The van der Waals surface area contributed by atoms with Crippen molar-refractivity contribution < 1.29 is 0 Å². The summed E-state index contributed by atoms with van der Waals surface area (Å²) in [5, 5.41) is 4.22. The van der Waals surface area contributed by atoms with Crippen molar-refractivity contribution in [2.24, 2.45) is 5.73 Å². The zero-order valence-electron chi connectivity index (χ0n) is 11.2. The molecule has 1 aromatic carbocycles. The van der Waals surface area contributed by atoms with Gasteiger partial charge in [0.25, 0.3) is 0 Å². The molecule has 102 valence electrons. The van der Waals surface area contributed by atoms with E-state index in [9.17, 15) is 0 Å². The molecule has 0 spiro atoms. The molecule has 2 rings (SSSR count). The Morgan fingerprint density at radius 2 is 2.11 bits per heavy atom. The summed E-state index contributed by atoms with van der Waals surface area (Å²) in [6.45, 7) is 3.05. The van der Waals surface area contributed by atoms with Gasteiger partial charge in [0.2, 0.25) is 0 Å². The van der Waals surface area contributed by atoms with Crippen LogP contribution in [-0.4, -0.2) is 26.6 Å². The Morgan fingerprint density at radius 3 is 2.84 bits per heavy atom. The molecule has 1 aromatic heterocycles. The van der Waals surface area contributed by atoms with Crippen LogP contribution >= 0.6 is 11.8 Å². The highest BCUT2D eigenvalue weighted by atomic mass is 32.2. The highest BCUT2D eigenvalue weighted by molar-refractivity contribution is 7.99. The first-order valence-electron chi connectivity index (χ1n) is 6.59. The SMILES string of the molecule is CCCn1ncnc1CC(N)CSc1ccccc1. The molecule has 0 radical (unpaired) electrons. The molecule has 0 saturated carbocycles. The normalized spacial score (nSPS) is 12.5. The van der Waals surface area contributed by atoms with Gasteiger partial charge in [0.05, 0.1) is 0 Å². The van der Waals surface area contributed by atoms with Crippen LogP contribution in [0.5, 0.6) is 0 Å². The van der Waals surface area contributed by atoms with E-state index in [1.165, 1.54) is 4.90 Å². The molecular formula is C14H20N4S. The van der Waals surface area contributed by atoms with E-state index in [2.05, 4.69) is 29.1 Å². The van der Waals surface area contributed by atoms with E-state index in [0.717, 1.165) is 31.0 Å². The predicted octanol–water partition coefficient (Wildman–Crippen LogP) is 2.35. The summed E-state index contributed by atoms with van der Waals surface area (Å²) in [5.41, 5.74) is 6.18. The average molecular weight is 276 g/mol.